The highest BCUT2D eigenvalue weighted by Gasteiger charge is 2.71. The zero-order chi connectivity index (χ0) is 41.3. The molecule has 3 saturated carbocycles. The molecule has 0 spiro atoms. The van der Waals surface area contributed by atoms with Gasteiger partial charge in [-0.2, -0.15) is 0 Å². The van der Waals surface area contributed by atoms with Crippen LogP contribution in [0.2, 0.25) is 0 Å². The number of fused-ring (bicyclic) bond motifs is 5. The van der Waals surface area contributed by atoms with Gasteiger partial charge in [0.1, 0.15) is 54.6 Å². The molecule has 5 fully saturated rings. The summed E-state index contributed by atoms with van der Waals surface area (Å²) in [7, 11) is 0. The van der Waals surface area contributed by atoms with E-state index in [2.05, 4.69) is 40.7 Å². The SMILES string of the molecule is C/C(=C/CC[C@](C)(O)[C@@H]1CC[C@]2(C)[C@H]3CC=C4[C@@H](CC[C@@H](O[C@H]5O[C@H](CO)[C@H](O)[C@H](O)[C@H]5O)C4(C)C)[C@]3(C)C(=O)C[C@@]12C)CO[C@H]1O[C@@H](CO)[C@H](O)[C@H](O)[C@@H]1O. The third kappa shape index (κ3) is 7.09. The van der Waals surface area contributed by atoms with Crippen molar-refractivity contribution >= 4 is 5.78 Å². The molecule has 14 heteroatoms. The quantitative estimate of drug-likeness (QED) is 0.134. The van der Waals surface area contributed by atoms with E-state index in [0.29, 0.717) is 38.5 Å². The van der Waals surface area contributed by atoms with Crippen molar-refractivity contribution in [3.05, 3.63) is 23.3 Å². The maximum absolute atomic E-state index is 14.8. The highest BCUT2D eigenvalue weighted by Crippen LogP contribution is 2.74. The van der Waals surface area contributed by atoms with Crippen LogP contribution in [-0.2, 0) is 23.7 Å². The van der Waals surface area contributed by atoms with Crippen LogP contribution in [0.5, 0.6) is 0 Å². The standard InChI is InChI=1S/C42H68O14/c1-21(20-53-36-34(50)32(48)30(46)24(18-43)54-36)9-8-15-41(6,52)26-14-16-39(4)27-12-10-22-23(42(27,7)28(45)17-40(26,39)5)11-13-29(38(22,2)3)56-37-35(51)33(49)31(47)25(19-44)55-37/h9-10,23-27,29-37,43-44,46-52H,8,11-20H2,1-7H3/b21-9-/t23-,24+,25-,26-,27-,29-,30+,31+,32+,33+,34+,35-,36+,37-,39-,40+,41+,42+/m1/s1. The second-order valence-electron chi connectivity index (χ2n) is 19.4. The van der Waals surface area contributed by atoms with Gasteiger partial charge < -0.3 is 64.9 Å². The normalized spacial score (nSPS) is 49.0. The van der Waals surface area contributed by atoms with E-state index in [1.54, 1.807) is 0 Å². The molecule has 0 bridgehead atoms. The summed E-state index contributed by atoms with van der Waals surface area (Å²) in [5, 5.41) is 93.1. The van der Waals surface area contributed by atoms with Crippen LogP contribution in [0.25, 0.3) is 0 Å². The number of carbonyl (C=O) groups excluding carboxylic acids is 1. The van der Waals surface area contributed by atoms with Gasteiger partial charge in [0, 0.05) is 17.3 Å². The number of aliphatic hydroxyl groups is 9. The molecule has 9 N–H and O–H groups in total. The van der Waals surface area contributed by atoms with Gasteiger partial charge in [0.05, 0.1) is 31.5 Å². The van der Waals surface area contributed by atoms with Gasteiger partial charge in [-0.1, -0.05) is 57.9 Å². The van der Waals surface area contributed by atoms with Crippen molar-refractivity contribution in [2.45, 2.75) is 173 Å². The summed E-state index contributed by atoms with van der Waals surface area (Å²) < 4.78 is 23.2. The summed E-state index contributed by atoms with van der Waals surface area (Å²) in [6, 6.07) is 0. The van der Waals surface area contributed by atoms with Crippen molar-refractivity contribution in [2.24, 2.45) is 39.4 Å². The molecular formula is C42H68O14. The first-order valence-electron chi connectivity index (χ1n) is 20.6. The van der Waals surface area contributed by atoms with Crippen molar-refractivity contribution in [3.8, 4) is 0 Å². The first-order valence-corrected chi connectivity index (χ1v) is 20.6. The van der Waals surface area contributed by atoms with Gasteiger partial charge in [-0.05, 0) is 87.4 Å². The number of ketones is 1. The van der Waals surface area contributed by atoms with Gasteiger partial charge in [-0.25, -0.2) is 0 Å². The highest BCUT2D eigenvalue weighted by atomic mass is 16.7. The van der Waals surface area contributed by atoms with Crippen molar-refractivity contribution in [2.75, 3.05) is 19.8 Å². The number of aliphatic hydroxyl groups excluding tert-OH is 8. The van der Waals surface area contributed by atoms with Crippen LogP contribution in [0.15, 0.2) is 23.3 Å². The van der Waals surface area contributed by atoms with Crippen LogP contribution in [0.1, 0.15) is 99.8 Å². The molecular weight excluding hydrogens is 728 g/mol. The fourth-order valence-electron chi connectivity index (χ4n) is 12.2. The van der Waals surface area contributed by atoms with E-state index in [0.717, 1.165) is 24.0 Å². The largest absolute Gasteiger partial charge is 0.394 e. The van der Waals surface area contributed by atoms with E-state index in [9.17, 15) is 50.8 Å². The maximum Gasteiger partial charge on any atom is 0.187 e. The van der Waals surface area contributed by atoms with Crippen LogP contribution in [0.4, 0.5) is 0 Å². The molecule has 0 unspecified atom stereocenters. The molecule has 2 heterocycles. The van der Waals surface area contributed by atoms with Gasteiger partial charge in [-0.15, -0.1) is 0 Å². The van der Waals surface area contributed by atoms with Gasteiger partial charge >= 0.3 is 0 Å². The first kappa shape index (κ1) is 44.2. The smallest absolute Gasteiger partial charge is 0.187 e. The number of hydrogen-bond acceptors (Lipinski definition) is 14. The third-order valence-electron chi connectivity index (χ3n) is 16.0. The van der Waals surface area contributed by atoms with E-state index in [-0.39, 0.29) is 35.6 Å². The summed E-state index contributed by atoms with van der Waals surface area (Å²) >= 11 is 0. The molecule has 0 amide bonds. The van der Waals surface area contributed by atoms with Gasteiger partial charge in [0.2, 0.25) is 0 Å². The minimum Gasteiger partial charge on any atom is -0.394 e. The monoisotopic (exact) mass is 796 g/mol. The molecule has 6 aliphatic rings. The minimum absolute atomic E-state index is 0.0161. The zero-order valence-electron chi connectivity index (χ0n) is 34.1. The number of carbonyl (C=O) groups is 1. The van der Waals surface area contributed by atoms with Crippen molar-refractivity contribution in [3.63, 3.8) is 0 Å². The van der Waals surface area contributed by atoms with Crippen LogP contribution in [0, 0.1) is 39.4 Å². The zero-order valence-corrected chi connectivity index (χ0v) is 34.1. The lowest BCUT2D eigenvalue weighted by Crippen LogP contribution is -2.64. The highest BCUT2D eigenvalue weighted by molar-refractivity contribution is 5.88. The Morgan fingerprint density at radius 2 is 1.45 bits per heavy atom. The molecule has 18 atom stereocenters. The minimum atomic E-state index is -1.53. The lowest BCUT2D eigenvalue weighted by atomic mass is 9.38. The molecule has 0 aromatic rings. The summed E-state index contributed by atoms with van der Waals surface area (Å²) in [5.74, 6) is 0.164. The summed E-state index contributed by atoms with van der Waals surface area (Å²) in [6.45, 7) is 13.6. The Labute approximate surface area is 330 Å². The number of ether oxygens (including phenoxy) is 4. The third-order valence-corrected chi connectivity index (χ3v) is 16.0. The molecule has 2 saturated heterocycles. The Morgan fingerprint density at radius 1 is 0.857 bits per heavy atom. The molecule has 2 aliphatic heterocycles. The van der Waals surface area contributed by atoms with Crippen LogP contribution < -0.4 is 0 Å². The van der Waals surface area contributed by atoms with Crippen molar-refractivity contribution < 1.29 is 69.7 Å². The maximum atomic E-state index is 14.8. The Hall–Kier alpha value is -1.37. The molecule has 320 valence electrons. The van der Waals surface area contributed by atoms with Gasteiger partial charge in [0.25, 0.3) is 0 Å². The van der Waals surface area contributed by atoms with Crippen LogP contribution in [-0.4, -0.2) is 145 Å². The average Bonchev–Trinajstić information content (AvgIpc) is 3.42. The lowest BCUT2D eigenvalue weighted by molar-refractivity contribution is -0.319. The summed E-state index contributed by atoms with van der Waals surface area (Å²) in [5.41, 5.74) is -0.900. The molecule has 0 radical (unpaired) electrons. The second-order valence-corrected chi connectivity index (χ2v) is 19.4. The summed E-state index contributed by atoms with van der Waals surface area (Å²) in [4.78, 5) is 14.8. The molecule has 56 heavy (non-hydrogen) atoms. The first-order chi connectivity index (χ1) is 26.1. The van der Waals surface area contributed by atoms with Gasteiger partial charge in [0.15, 0.2) is 12.6 Å². The molecule has 4 aliphatic carbocycles. The topological polar surface area (TPSA) is 236 Å². The van der Waals surface area contributed by atoms with E-state index in [1.807, 2.05) is 19.9 Å². The van der Waals surface area contributed by atoms with Crippen LogP contribution in [0.3, 0.4) is 0 Å². The summed E-state index contributed by atoms with van der Waals surface area (Å²) in [6.07, 6.45) is -4.62. The Balaban J connectivity index is 1.13. The number of Topliss-reactive ketones (excluding diaryl/α,β-unsaturated/α-hetero) is 1. The Morgan fingerprint density at radius 3 is 2.05 bits per heavy atom. The predicted octanol–water partition coefficient (Wildman–Crippen LogP) is 1.25. The van der Waals surface area contributed by atoms with E-state index >= 15 is 0 Å². The Kier molecular flexibility index (Phi) is 12.6. The van der Waals surface area contributed by atoms with E-state index in [1.165, 1.54) is 0 Å². The van der Waals surface area contributed by atoms with E-state index < -0.39 is 103 Å². The van der Waals surface area contributed by atoms with Crippen LogP contribution >= 0.6 is 0 Å². The second kappa shape index (κ2) is 15.9. The average molecular weight is 797 g/mol. The predicted molar refractivity (Wildman–Crippen MR) is 201 cm³/mol. The van der Waals surface area contributed by atoms with E-state index in [4.69, 9.17) is 18.9 Å². The molecule has 14 nitrogen and oxygen atoms in total. The fourth-order valence-corrected chi connectivity index (χ4v) is 12.2. The molecule has 0 aromatic heterocycles. The number of hydrogen-bond donors (Lipinski definition) is 9. The lowest BCUT2D eigenvalue weighted by Gasteiger charge is -2.65. The fraction of sp³-hybridized carbons (Fsp3) is 0.881. The number of rotatable bonds is 11. The van der Waals surface area contributed by atoms with Gasteiger partial charge in [-0.3, -0.25) is 4.79 Å². The van der Waals surface area contributed by atoms with Crippen molar-refractivity contribution in [1.29, 1.82) is 0 Å². The Bertz CT molecular complexity index is 1490. The molecule has 6 rings (SSSR count). The van der Waals surface area contributed by atoms with Crippen molar-refractivity contribution in [1.82, 2.24) is 0 Å². The number of allylic oxidation sites excluding steroid dienone is 2. The molecule has 0 aromatic carbocycles.